The largest absolute Gasteiger partial charge is 0.480 e. The molecule has 12 heteroatoms. The summed E-state index contributed by atoms with van der Waals surface area (Å²) in [6.07, 6.45) is 15.8. The van der Waals surface area contributed by atoms with Gasteiger partial charge in [-0.3, -0.25) is 23.4 Å². The highest BCUT2D eigenvalue weighted by molar-refractivity contribution is 7.47. The van der Waals surface area contributed by atoms with Gasteiger partial charge in [0.25, 0.3) is 0 Å². The summed E-state index contributed by atoms with van der Waals surface area (Å²) in [4.78, 5) is 43.6. The van der Waals surface area contributed by atoms with Crippen molar-refractivity contribution in [2.24, 2.45) is 5.73 Å². The molecule has 0 aromatic heterocycles. The van der Waals surface area contributed by atoms with Crippen molar-refractivity contribution in [3.63, 3.8) is 0 Å². The summed E-state index contributed by atoms with van der Waals surface area (Å²) in [5.74, 6) is -2.57. The molecule has 0 aromatic carbocycles. The van der Waals surface area contributed by atoms with Gasteiger partial charge < -0.3 is 25.2 Å². The molecule has 0 amide bonds. The molecule has 0 fully saturated rings. The molecule has 0 rings (SSSR count). The lowest BCUT2D eigenvalue weighted by molar-refractivity contribution is -0.160. The monoisotopic (exact) mass is 553 g/mol. The van der Waals surface area contributed by atoms with Crippen molar-refractivity contribution >= 4 is 25.7 Å². The van der Waals surface area contributed by atoms with E-state index in [4.69, 9.17) is 24.8 Å². The number of carbonyl (C=O) groups is 3. The van der Waals surface area contributed by atoms with Gasteiger partial charge in [-0.1, -0.05) is 90.4 Å². The molecule has 0 aliphatic heterocycles. The van der Waals surface area contributed by atoms with E-state index in [1.165, 1.54) is 71.1 Å². The minimum Gasteiger partial charge on any atom is -0.480 e. The van der Waals surface area contributed by atoms with Gasteiger partial charge in [-0.15, -0.1) is 0 Å². The topological polar surface area (TPSA) is 172 Å². The van der Waals surface area contributed by atoms with E-state index in [9.17, 15) is 23.8 Å². The maximum absolute atomic E-state index is 12.2. The fourth-order valence-corrected chi connectivity index (χ4v) is 4.27. The molecule has 11 nitrogen and oxygen atoms in total. The SMILES string of the molecule is CCCCCCCCCCCCCCCCC(=O)OC(COC(C)=O)COP(=O)(O)OCC(N)C(=O)O. The van der Waals surface area contributed by atoms with Gasteiger partial charge in [0.05, 0.1) is 13.2 Å². The van der Waals surface area contributed by atoms with E-state index in [-0.39, 0.29) is 13.0 Å². The average Bonchev–Trinajstić information content (AvgIpc) is 2.84. The standard InChI is InChI=1S/C25H48NO10P/c1-3-4-5-6-7-8-9-10-11-12-13-14-15-16-17-24(28)36-22(18-33-21(2)27)19-34-37(31,32)35-20-23(26)25(29)30/h22-23H,3-20,26H2,1-2H3,(H,29,30)(H,31,32). The zero-order chi connectivity index (χ0) is 27.9. The van der Waals surface area contributed by atoms with Crippen LogP contribution in [0, 0.1) is 0 Å². The Bertz CT molecular complexity index is 676. The lowest BCUT2D eigenvalue weighted by atomic mass is 10.0. The fraction of sp³-hybridized carbons (Fsp3) is 0.880. The van der Waals surface area contributed by atoms with Crippen LogP contribution in [0.4, 0.5) is 0 Å². The molecule has 3 unspecified atom stereocenters. The molecule has 37 heavy (non-hydrogen) atoms. The second-order valence-corrected chi connectivity index (χ2v) is 10.7. The number of phosphoric ester groups is 1. The number of carbonyl (C=O) groups excluding carboxylic acids is 2. The van der Waals surface area contributed by atoms with Crippen molar-refractivity contribution in [3.05, 3.63) is 0 Å². The van der Waals surface area contributed by atoms with Crippen molar-refractivity contribution in [1.82, 2.24) is 0 Å². The number of carboxylic acid groups (broad SMARTS) is 1. The first-order valence-corrected chi connectivity index (χ1v) is 15.0. The van der Waals surface area contributed by atoms with Crippen molar-refractivity contribution in [3.8, 4) is 0 Å². The molecule has 0 aromatic rings. The molecule has 0 radical (unpaired) electrons. The maximum atomic E-state index is 12.2. The van der Waals surface area contributed by atoms with E-state index >= 15 is 0 Å². The van der Waals surface area contributed by atoms with Crippen LogP contribution in [0.5, 0.6) is 0 Å². The zero-order valence-electron chi connectivity index (χ0n) is 22.6. The van der Waals surface area contributed by atoms with E-state index in [0.717, 1.165) is 19.3 Å². The minimum atomic E-state index is -4.66. The molecular formula is C25H48NO10P. The lowest BCUT2D eigenvalue weighted by Crippen LogP contribution is -2.34. The van der Waals surface area contributed by atoms with Gasteiger partial charge in [-0.25, -0.2) is 4.57 Å². The highest BCUT2D eigenvalue weighted by Crippen LogP contribution is 2.43. The van der Waals surface area contributed by atoms with Crippen LogP contribution in [0.1, 0.15) is 110 Å². The summed E-state index contributed by atoms with van der Waals surface area (Å²) < 4.78 is 31.2. The van der Waals surface area contributed by atoms with Crippen LogP contribution in [0.3, 0.4) is 0 Å². The van der Waals surface area contributed by atoms with Gasteiger partial charge in [0.2, 0.25) is 0 Å². The number of ether oxygens (including phenoxy) is 2. The summed E-state index contributed by atoms with van der Waals surface area (Å²) in [5.41, 5.74) is 5.21. The quantitative estimate of drug-likeness (QED) is 0.0799. The Labute approximate surface area is 221 Å². The average molecular weight is 554 g/mol. The number of hydrogen-bond donors (Lipinski definition) is 3. The number of unbranched alkanes of at least 4 members (excludes halogenated alkanes) is 13. The van der Waals surface area contributed by atoms with Gasteiger partial charge in [0.15, 0.2) is 6.10 Å². The number of phosphoric acid groups is 1. The summed E-state index contributed by atoms with van der Waals surface area (Å²) in [5, 5.41) is 8.69. The molecular weight excluding hydrogens is 505 g/mol. The van der Waals surface area contributed by atoms with Gasteiger partial charge >= 0.3 is 25.7 Å². The highest BCUT2D eigenvalue weighted by Gasteiger charge is 2.27. The van der Waals surface area contributed by atoms with Crippen molar-refractivity contribution in [1.29, 1.82) is 0 Å². The normalized spacial score (nSPS) is 14.5. The van der Waals surface area contributed by atoms with Gasteiger partial charge in [-0.2, -0.15) is 0 Å². The Balaban J connectivity index is 4.06. The summed E-state index contributed by atoms with van der Waals surface area (Å²) in [6.45, 7) is 1.69. The van der Waals surface area contributed by atoms with Crippen molar-refractivity contribution in [2.45, 2.75) is 122 Å². The number of aliphatic carboxylic acids is 1. The minimum absolute atomic E-state index is 0.162. The highest BCUT2D eigenvalue weighted by atomic mass is 31.2. The van der Waals surface area contributed by atoms with Crippen LogP contribution < -0.4 is 5.73 Å². The fourth-order valence-electron chi connectivity index (χ4n) is 3.50. The van der Waals surface area contributed by atoms with Crippen LogP contribution >= 0.6 is 7.82 Å². The first kappa shape index (κ1) is 35.5. The Morgan fingerprint density at radius 2 is 1.24 bits per heavy atom. The van der Waals surface area contributed by atoms with E-state index in [1.807, 2.05) is 0 Å². The van der Waals surface area contributed by atoms with Crippen LogP contribution in [0.15, 0.2) is 0 Å². The third-order valence-corrected chi connectivity index (χ3v) is 6.61. The zero-order valence-corrected chi connectivity index (χ0v) is 23.5. The Morgan fingerprint density at radius 3 is 1.70 bits per heavy atom. The molecule has 4 N–H and O–H groups in total. The van der Waals surface area contributed by atoms with Crippen molar-refractivity contribution < 1.29 is 47.5 Å². The Kier molecular flexibility index (Phi) is 21.5. The van der Waals surface area contributed by atoms with E-state index in [0.29, 0.717) is 6.42 Å². The smallest absolute Gasteiger partial charge is 0.472 e. The molecule has 3 atom stereocenters. The molecule has 0 spiro atoms. The molecule has 218 valence electrons. The summed E-state index contributed by atoms with van der Waals surface area (Å²) in [6, 6.07) is -1.51. The maximum Gasteiger partial charge on any atom is 0.472 e. The van der Waals surface area contributed by atoms with Gasteiger partial charge in [0.1, 0.15) is 12.6 Å². The molecule has 0 heterocycles. The van der Waals surface area contributed by atoms with Crippen molar-refractivity contribution in [2.75, 3.05) is 19.8 Å². The first-order valence-electron chi connectivity index (χ1n) is 13.5. The number of hydrogen-bond acceptors (Lipinski definition) is 9. The Hall–Kier alpha value is -1.52. The predicted octanol–water partition coefficient (Wildman–Crippen LogP) is 4.88. The van der Waals surface area contributed by atoms with Crippen LogP contribution in [-0.4, -0.2) is 59.9 Å². The van der Waals surface area contributed by atoms with Gasteiger partial charge in [0, 0.05) is 13.3 Å². The predicted molar refractivity (Wildman–Crippen MR) is 139 cm³/mol. The number of rotatable bonds is 25. The molecule has 0 bridgehead atoms. The Morgan fingerprint density at radius 1 is 0.784 bits per heavy atom. The van der Waals surface area contributed by atoms with Crippen LogP contribution in [0.25, 0.3) is 0 Å². The molecule has 0 aliphatic rings. The third kappa shape index (κ3) is 23.3. The molecule has 0 saturated heterocycles. The second-order valence-electron chi connectivity index (χ2n) is 9.27. The van der Waals surface area contributed by atoms with E-state index < -0.39 is 51.1 Å². The molecule has 0 aliphatic carbocycles. The number of esters is 2. The molecule has 0 saturated carbocycles. The van der Waals surface area contributed by atoms with Gasteiger partial charge in [-0.05, 0) is 6.42 Å². The van der Waals surface area contributed by atoms with E-state index in [2.05, 4.69) is 11.4 Å². The second kappa shape index (κ2) is 22.5. The van der Waals surface area contributed by atoms with E-state index in [1.54, 1.807) is 0 Å². The summed E-state index contributed by atoms with van der Waals surface area (Å²) in [7, 11) is -4.66. The lowest BCUT2D eigenvalue weighted by Gasteiger charge is -2.20. The van der Waals surface area contributed by atoms with Crippen LogP contribution in [-0.2, 0) is 37.5 Å². The number of carboxylic acids is 1. The number of nitrogens with two attached hydrogens (primary N) is 1. The third-order valence-electron chi connectivity index (χ3n) is 5.66. The summed E-state index contributed by atoms with van der Waals surface area (Å²) >= 11 is 0. The van der Waals surface area contributed by atoms with Crippen LogP contribution in [0.2, 0.25) is 0 Å². The first-order chi connectivity index (χ1) is 17.6.